The van der Waals surface area contributed by atoms with Crippen molar-refractivity contribution >= 4 is 40.3 Å². The lowest BCUT2D eigenvalue weighted by Gasteiger charge is -2.18. The molecule has 1 saturated heterocycles. The molecule has 3 aromatic carbocycles. The summed E-state index contributed by atoms with van der Waals surface area (Å²) < 4.78 is 16.5. The minimum absolute atomic E-state index is 0.161. The van der Waals surface area contributed by atoms with E-state index in [1.807, 2.05) is 62.4 Å². The van der Waals surface area contributed by atoms with Gasteiger partial charge in [-0.05, 0) is 54.9 Å². The van der Waals surface area contributed by atoms with Gasteiger partial charge >= 0.3 is 0 Å². The van der Waals surface area contributed by atoms with Crippen LogP contribution in [0, 0.1) is 13.8 Å². The number of methoxy groups -OCH3 is 3. The van der Waals surface area contributed by atoms with E-state index in [1.165, 1.54) is 11.8 Å². The lowest BCUT2D eigenvalue weighted by molar-refractivity contribution is -0.113. The quantitative estimate of drug-likeness (QED) is 0.402. The maximum atomic E-state index is 13.7. The zero-order valence-corrected chi connectivity index (χ0v) is 20.6. The highest BCUT2D eigenvalue weighted by Gasteiger charge is 2.36. The first-order chi connectivity index (χ1) is 16.5. The monoisotopic (exact) mass is 474 g/mol. The topological polar surface area (TPSA) is 60.4 Å². The molecule has 0 aromatic heterocycles. The van der Waals surface area contributed by atoms with E-state index in [9.17, 15) is 4.79 Å². The van der Waals surface area contributed by atoms with E-state index in [-0.39, 0.29) is 5.91 Å². The van der Waals surface area contributed by atoms with Gasteiger partial charge in [0.05, 0.1) is 43.2 Å². The van der Waals surface area contributed by atoms with Crippen molar-refractivity contribution in [1.82, 2.24) is 0 Å². The Balaban J connectivity index is 1.87. The Kier molecular flexibility index (Phi) is 6.93. The summed E-state index contributed by atoms with van der Waals surface area (Å²) in [7, 11) is 4.73. The van der Waals surface area contributed by atoms with Crippen LogP contribution in [0.1, 0.15) is 16.7 Å². The molecule has 0 unspecified atom stereocenters. The van der Waals surface area contributed by atoms with Gasteiger partial charge in [-0.25, -0.2) is 4.99 Å². The van der Waals surface area contributed by atoms with Crippen molar-refractivity contribution in [3.8, 4) is 17.2 Å². The van der Waals surface area contributed by atoms with Crippen molar-refractivity contribution < 1.29 is 19.0 Å². The second-order valence-electron chi connectivity index (χ2n) is 7.66. The Bertz CT molecular complexity index is 1270. The third-order valence-electron chi connectivity index (χ3n) is 5.52. The number of carbonyl (C=O) groups is 1. The van der Waals surface area contributed by atoms with Gasteiger partial charge in [-0.15, -0.1) is 0 Å². The van der Waals surface area contributed by atoms with E-state index in [4.69, 9.17) is 19.2 Å². The van der Waals surface area contributed by atoms with Crippen LogP contribution in [-0.4, -0.2) is 32.4 Å². The molecular formula is C27H26N2O4S. The van der Waals surface area contributed by atoms with E-state index in [0.717, 1.165) is 22.5 Å². The van der Waals surface area contributed by atoms with Gasteiger partial charge in [0.1, 0.15) is 17.2 Å². The number of ether oxygens (including phenoxy) is 3. The molecule has 0 radical (unpaired) electrons. The Labute approximate surface area is 203 Å². The number of nitrogens with zero attached hydrogens (tertiary/aromatic N) is 2. The maximum absolute atomic E-state index is 13.7. The van der Waals surface area contributed by atoms with E-state index >= 15 is 0 Å². The van der Waals surface area contributed by atoms with Gasteiger partial charge in [-0.1, -0.05) is 36.4 Å². The van der Waals surface area contributed by atoms with Crippen LogP contribution in [-0.2, 0) is 4.79 Å². The number of thioether (sulfide) groups is 1. The number of aliphatic imine (C=N–C) groups is 1. The van der Waals surface area contributed by atoms with E-state index in [1.54, 1.807) is 44.4 Å². The predicted octanol–water partition coefficient (Wildman–Crippen LogP) is 6.14. The van der Waals surface area contributed by atoms with Gasteiger partial charge in [0.15, 0.2) is 5.17 Å². The van der Waals surface area contributed by atoms with E-state index in [0.29, 0.717) is 32.9 Å². The van der Waals surface area contributed by atoms with Gasteiger partial charge in [0.25, 0.3) is 5.91 Å². The second-order valence-corrected chi connectivity index (χ2v) is 8.67. The van der Waals surface area contributed by atoms with Crippen LogP contribution in [0.3, 0.4) is 0 Å². The molecule has 0 spiro atoms. The third kappa shape index (κ3) is 4.52. The Morgan fingerprint density at radius 1 is 0.853 bits per heavy atom. The molecule has 1 aliphatic heterocycles. The zero-order chi connectivity index (χ0) is 24.2. The van der Waals surface area contributed by atoms with Gasteiger partial charge in [-0.3, -0.25) is 9.69 Å². The van der Waals surface area contributed by atoms with Crippen LogP contribution in [0.15, 0.2) is 70.6 Å². The summed E-state index contributed by atoms with van der Waals surface area (Å²) in [5.74, 6) is 1.53. The van der Waals surface area contributed by atoms with Crippen molar-refractivity contribution in [3.05, 3.63) is 82.3 Å². The lowest BCUT2D eigenvalue weighted by Crippen LogP contribution is -2.29. The molecule has 1 amide bonds. The highest BCUT2D eigenvalue weighted by atomic mass is 32.2. The third-order valence-corrected chi connectivity index (χ3v) is 6.49. The average molecular weight is 475 g/mol. The van der Waals surface area contributed by atoms with Gasteiger partial charge < -0.3 is 14.2 Å². The molecule has 7 heteroatoms. The smallest absolute Gasteiger partial charge is 0.271 e. The largest absolute Gasteiger partial charge is 0.496 e. The fourth-order valence-corrected chi connectivity index (χ4v) is 4.64. The molecule has 0 bridgehead atoms. The normalized spacial score (nSPS) is 15.8. The number of amidine groups is 1. The number of carbonyl (C=O) groups excluding carboxylic acids is 1. The summed E-state index contributed by atoms with van der Waals surface area (Å²) in [4.78, 5) is 20.8. The van der Waals surface area contributed by atoms with Crippen molar-refractivity contribution in [2.75, 3.05) is 26.2 Å². The number of aryl methyl sites for hydroxylation is 2. The fraction of sp³-hybridized carbons (Fsp3) is 0.185. The zero-order valence-electron chi connectivity index (χ0n) is 19.8. The summed E-state index contributed by atoms with van der Waals surface area (Å²) >= 11 is 1.32. The number of hydrogen-bond acceptors (Lipinski definition) is 6. The molecule has 1 aliphatic rings. The van der Waals surface area contributed by atoms with Crippen LogP contribution < -0.4 is 19.1 Å². The molecule has 4 rings (SSSR count). The summed E-state index contributed by atoms with van der Waals surface area (Å²) in [6.07, 6.45) is 1.79. The lowest BCUT2D eigenvalue weighted by atomic mass is 10.1. The predicted molar refractivity (Wildman–Crippen MR) is 139 cm³/mol. The van der Waals surface area contributed by atoms with Gasteiger partial charge in [0, 0.05) is 12.1 Å². The summed E-state index contributed by atoms with van der Waals surface area (Å²) in [5.41, 5.74) is 4.28. The first-order valence-corrected chi connectivity index (χ1v) is 11.5. The van der Waals surface area contributed by atoms with E-state index < -0.39 is 0 Å². The first-order valence-electron chi connectivity index (χ1n) is 10.7. The number of hydrogen-bond donors (Lipinski definition) is 0. The summed E-state index contributed by atoms with van der Waals surface area (Å²) in [5, 5.41) is 0.589. The SMILES string of the molecule is COc1cc(OC)c(/C=C2/SC(=Nc3ccccc3C)N(c3ccccc3C)C2=O)c(OC)c1. The first kappa shape index (κ1) is 23.4. The van der Waals surface area contributed by atoms with Crippen molar-refractivity contribution in [1.29, 1.82) is 0 Å². The number of anilines is 1. The Hall–Kier alpha value is -3.71. The maximum Gasteiger partial charge on any atom is 0.271 e. The minimum atomic E-state index is -0.161. The standard InChI is InChI=1S/C27H26N2O4S/c1-17-10-6-8-12-21(17)28-27-29(22-13-9-7-11-18(22)2)26(30)25(34-27)16-20-23(32-4)14-19(31-3)15-24(20)33-5/h6-16H,1-5H3/b25-16+,28-27?. The summed E-state index contributed by atoms with van der Waals surface area (Å²) in [6.45, 7) is 3.98. The number of amides is 1. The van der Waals surface area contributed by atoms with Crippen molar-refractivity contribution in [2.45, 2.75) is 13.8 Å². The van der Waals surface area contributed by atoms with E-state index in [2.05, 4.69) is 0 Å². The van der Waals surface area contributed by atoms with Crippen LogP contribution in [0.2, 0.25) is 0 Å². The van der Waals surface area contributed by atoms with Crippen molar-refractivity contribution in [2.24, 2.45) is 4.99 Å². The van der Waals surface area contributed by atoms with Crippen LogP contribution in [0.4, 0.5) is 11.4 Å². The van der Waals surface area contributed by atoms with Crippen LogP contribution in [0.5, 0.6) is 17.2 Å². The molecule has 0 aliphatic carbocycles. The molecule has 3 aromatic rings. The van der Waals surface area contributed by atoms with Crippen LogP contribution >= 0.6 is 11.8 Å². The highest BCUT2D eigenvalue weighted by molar-refractivity contribution is 8.19. The second kappa shape index (κ2) is 10.1. The summed E-state index contributed by atoms with van der Waals surface area (Å²) in [6, 6.07) is 19.2. The molecule has 0 atom stereocenters. The van der Waals surface area contributed by atoms with Crippen molar-refractivity contribution in [3.63, 3.8) is 0 Å². The average Bonchev–Trinajstić information content (AvgIpc) is 3.15. The van der Waals surface area contributed by atoms with Gasteiger partial charge in [-0.2, -0.15) is 0 Å². The molecule has 174 valence electrons. The molecular weight excluding hydrogens is 448 g/mol. The number of benzene rings is 3. The molecule has 34 heavy (non-hydrogen) atoms. The molecule has 6 nitrogen and oxygen atoms in total. The Morgan fingerprint density at radius 3 is 2.06 bits per heavy atom. The Morgan fingerprint density at radius 2 is 1.47 bits per heavy atom. The molecule has 0 N–H and O–H groups in total. The minimum Gasteiger partial charge on any atom is -0.496 e. The van der Waals surface area contributed by atoms with Gasteiger partial charge in [0.2, 0.25) is 0 Å². The fourth-order valence-electron chi connectivity index (χ4n) is 3.67. The number of para-hydroxylation sites is 2. The molecule has 0 saturated carbocycles. The van der Waals surface area contributed by atoms with Crippen LogP contribution in [0.25, 0.3) is 6.08 Å². The highest BCUT2D eigenvalue weighted by Crippen LogP contribution is 2.42. The number of rotatable bonds is 6. The molecule has 1 fully saturated rings. The molecule has 1 heterocycles.